The van der Waals surface area contributed by atoms with E-state index in [1.807, 2.05) is 4.98 Å². The van der Waals surface area contributed by atoms with Gasteiger partial charge in [-0.25, -0.2) is 4.79 Å². The van der Waals surface area contributed by atoms with E-state index in [9.17, 15) is 9.59 Å². The van der Waals surface area contributed by atoms with Crippen molar-refractivity contribution < 1.29 is 0 Å². The lowest BCUT2D eigenvalue weighted by Gasteiger charge is -1.84. The standard InChI is InChI=1S/C5H3ClN4O2/c6-3-1-2(9-10-3)4(11)8-5(12)7-1/h(H,9,10)(H2,7,8,11,12). The fraction of sp³-hybridized carbons (Fsp3) is 0. The van der Waals surface area contributed by atoms with Crippen LogP contribution in [0.5, 0.6) is 0 Å². The minimum absolute atomic E-state index is 0.0969. The first-order valence-corrected chi connectivity index (χ1v) is 3.42. The van der Waals surface area contributed by atoms with Crippen LogP contribution in [-0.4, -0.2) is 20.2 Å². The molecule has 0 aliphatic heterocycles. The quantitative estimate of drug-likeness (QED) is 0.522. The molecule has 2 aromatic rings. The number of rotatable bonds is 0. The van der Waals surface area contributed by atoms with Crippen LogP contribution in [0.2, 0.25) is 5.15 Å². The molecule has 2 aromatic heterocycles. The van der Waals surface area contributed by atoms with Gasteiger partial charge in [0.1, 0.15) is 10.7 Å². The van der Waals surface area contributed by atoms with Crippen LogP contribution in [0, 0.1) is 0 Å². The third-order valence-electron chi connectivity index (χ3n) is 1.40. The maximum absolute atomic E-state index is 11.0. The molecule has 0 saturated carbocycles. The number of nitrogens with zero attached hydrogens (tertiary/aromatic N) is 1. The number of aromatic amines is 3. The smallest absolute Gasteiger partial charge is 0.303 e. The van der Waals surface area contributed by atoms with E-state index in [2.05, 4.69) is 15.2 Å². The molecule has 0 aliphatic rings. The first-order chi connectivity index (χ1) is 5.68. The van der Waals surface area contributed by atoms with Gasteiger partial charge in [0.05, 0.1) is 0 Å². The van der Waals surface area contributed by atoms with Crippen LogP contribution in [0.15, 0.2) is 9.59 Å². The molecular weight excluding hydrogens is 184 g/mol. The normalized spacial score (nSPS) is 10.8. The van der Waals surface area contributed by atoms with Crippen LogP contribution in [0.25, 0.3) is 11.0 Å². The van der Waals surface area contributed by atoms with Crippen molar-refractivity contribution in [3.63, 3.8) is 0 Å². The molecular formula is C5H3ClN4O2. The van der Waals surface area contributed by atoms with Crippen molar-refractivity contribution in [2.75, 3.05) is 0 Å². The van der Waals surface area contributed by atoms with Crippen molar-refractivity contribution in [2.45, 2.75) is 0 Å². The number of hydrogen-bond donors (Lipinski definition) is 3. The summed E-state index contributed by atoms with van der Waals surface area (Å²) in [5, 5.41) is 6.10. The minimum atomic E-state index is -0.601. The van der Waals surface area contributed by atoms with E-state index in [0.717, 1.165) is 0 Å². The molecule has 62 valence electrons. The number of hydrogen-bond acceptors (Lipinski definition) is 3. The molecule has 12 heavy (non-hydrogen) atoms. The first-order valence-electron chi connectivity index (χ1n) is 3.04. The fourth-order valence-electron chi connectivity index (χ4n) is 0.906. The zero-order valence-electron chi connectivity index (χ0n) is 5.64. The van der Waals surface area contributed by atoms with Crippen molar-refractivity contribution in [1.29, 1.82) is 0 Å². The summed E-state index contributed by atoms with van der Waals surface area (Å²) in [6.45, 7) is 0. The predicted molar refractivity (Wildman–Crippen MR) is 42.3 cm³/mol. The second-order valence-electron chi connectivity index (χ2n) is 2.17. The molecule has 0 atom stereocenters. The average Bonchev–Trinajstić information content (AvgIpc) is 2.33. The van der Waals surface area contributed by atoms with E-state index in [1.54, 1.807) is 0 Å². The number of halogens is 1. The lowest BCUT2D eigenvalue weighted by atomic mass is 10.5. The first kappa shape index (κ1) is 7.11. The van der Waals surface area contributed by atoms with E-state index in [0.29, 0.717) is 0 Å². The third kappa shape index (κ3) is 0.850. The Morgan fingerprint density at radius 2 is 2.00 bits per heavy atom. The maximum Gasteiger partial charge on any atom is 0.326 e. The molecule has 0 radical (unpaired) electrons. The molecule has 0 aliphatic carbocycles. The highest BCUT2D eigenvalue weighted by atomic mass is 35.5. The van der Waals surface area contributed by atoms with Crippen molar-refractivity contribution in [3.05, 3.63) is 26.0 Å². The molecule has 2 rings (SSSR count). The lowest BCUT2D eigenvalue weighted by molar-refractivity contribution is 1.06. The summed E-state index contributed by atoms with van der Waals surface area (Å²) in [4.78, 5) is 26.1. The van der Waals surface area contributed by atoms with Gasteiger partial charge in [-0.1, -0.05) is 11.6 Å². The Morgan fingerprint density at radius 1 is 1.25 bits per heavy atom. The monoisotopic (exact) mass is 186 g/mol. The maximum atomic E-state index is 11.0. The number of fused-ring (bicyclic) bond motifs is 1. The van der Waals surface area contributed by atoms with E-state index in [1.165, 1.54) is 0 Å². The highest BCUT2D eigenvalue weighted by Crippen LogP contribution is 2.11. The summed E-state index contributed by atoms with van der Waals surface area (Å²) >= 11 is 5.58. The fourth-order valence-corrected chi connectivity index (χ4v) is 1.09. The second-order valence-corrected chi connectivity index (χ2v) is 2.55. The third-order valence-corrected chi connectivity index (χ3v) is 1.68. The van der Waals surface area contributed by atoms with Gasteiger partial charge in [-0.05, 0) is 0 Å². The van der Waals surface area contributed by atoms with Crippen LogP contribution in [0.4, 0.5) is 0 Å². The Balaban J connectivity index is 3.13. The molecule has 7 heteroatoms. The number of aromatic nitrogens is 4. The van der Waals surface area contributed by atoms with Gasteiger partial charge < -0.3 is 4.98 Å². The summed E-state index contributed by atoms with van der Waals surface area (Å²) < 4.78 is 0. The van der Waals surface area contributed by atoms with Gasteiger partial charge in [-0.3, -0.25) is 14.9 Å². The van der Waals surface area contributed by atoms with Gasteiger partial charge in [0, 0.05) is 0 Å². The molecule has 0 bridgehead atoms. The van der Waals surface area contributed by atoms with Crippen LogP contribution in [0.1, 0.15) is 0 Å². The highest BCUT2D eigenvalue weighted by Gasteiger charge is 2.06. The summed E-state index contributed by atoms with van der Waals surface area (Å²) in [5.41, 5.74) is -0.835. The lowest BCUT2D eigenvalue weighted by Crippen LogP contribution is -2.21. The summed E-state index contributed by atoms with van der Waals surface area (Å²) in [5.74, 6) is 0. The Labute approximate surface area is 69.6 Å². The minimum Gasteiger partial charge on any atom is -0.303 e. The van der Waals surface area contributed by atoms with Crippen LogP contribution in [-0.2, 0) is 0 Å². The van der Waals surface area contributed by atoms with E-state index in [-0.39, 0.29) is 16.2 Å². The zero-order valence-corrected chi connectivity index (χ0v) is 6.40. The predicted octanol–water partition coefficient (Wildman–Crippen LogP) is -0.407. The SMILES string of the molecule is O=c1[nH]c(=O)c2n[nH]c(Cl)c2[nH]1. The second kappa shape index (κ2) is 2.21. The Kier molecular flexibility index (Phi) is 1.31. The van der Waals surface area contributed by atoms with E-state index >= 15 is 0 Å². The van der Waals surface area contributed by atoms with Gasteiger partial charge in [-0.15, -0.1) is 0 Å². The van der Waals surface area contributed by atoms with Crippen molar-refractivity contribution in [3.8, 4) is 0 Å². The Bertz CT molecular complexity index is 536. The largest absolute Gasteiger partial charge is 0.326 e. The summed E-state index contributed by atoms with van der Waals surface area (Å²) in [6.07, 6.45) is 0. The van der Waals surface area contributed by atoms with Crippen molar-refractivity contribution in [1.82, 2.24) is 20.2 Å². The van der Waals surface area contributed by atoms with Gasteiger partial charge >= 0.3 is 5.69 Å². The van der Waals surface area contributed by atoms with Gasteiger partial charge in [0.2, 0.25) is 0 Å². The van der Waals surface area contributed by atoms with E-state index < -0.39 is 11.2 Å². The molecule has 0 fully saturated rings. The molecule has 0 amide bonds. The Morgan fingerprint density at radius 3 is 2.75 bits per heavy atom. The van der Waals surface area contributed by atoms with Gasteiger partial charge in [-0.2, -0.15) is 5.10 Å². The summed E-state index contributed by atoms with van der Waals surface area (Å²) in [7, 11) is 0. The highest BCUT2D eigenvalue weighted by molar-refractivity contribution is 6.33. The average molecular weight is 187 g/mol. The molecule has 3 N–H and O–H groups in total. The van der Waals surface area contributed by atoms with E-state index in [4.69, 9.17) is 11.6 Å². The molecule has 0 spiro atoms. The number of nitrogens with one attached hydrogen (secondary N) is 3. The summed E-state index contributed by atoms with van der Waals surface area (Å²) in [6, 6.07) is 0. The van der Waals surface area contributed by atoms with Crippen molar-refractivity contribution >= 4 is 22.6 Å². The topological polar surface area (TPSA) is 94.4 Å². The van der Waals surface area contributed by atoms with Crippen LogP contribution in [0.3, 0.4) is 0 Å². The number of H-pyrrole nitrogens is 3. The van der Waals surface area contributed by atoms with Gasteiger partial charge in [0.25, 0.3) is 5.56 Å². The zero-order chi connectivity index (χ0) is 8.72. The molecule has 0 aromatic carbocycles. The Hall–Kier alpha value is -1.56. The van der Waals surface area contributed by atoms with Gasteiger partial charge in [0.15, 0.2) is 5.52 Å². The van der Waals surface area contributed by atoms with Crippen LogP contribution >= 0.6 is 11.6 Å². The van der Waals surface area contributed by atoms with Crippen molar-refractivity contribution in [2.24, 2.45) is 0 Å². The van der Waals surface area contributed by atoms with Crippen LogP contribution < -0.4 is 11.2 Å². The molecule has 2 heterocycles. The molecule has 0 saturated heterocycles. The molecule has 0 unspecified atom stereocenters. The molecule has 6 nitrogen and oxygen atoms in total.